The number of nitrogen functional groups attached to an aromatic ring is 1. The first kappa shape index (κ1) is 22.9. The molecular weight excluding hydrogens is 459 g/mol. The lowest BCUT2D eigenvalue weighted by Gasteiger charge is -2.14. The van der Waals surface area contributed by atoms with Crippen LogP contribution in [0.3, 0.4) is 0 Å². The zero-order chi connectivity index (χ0) is 25.6. The monoisotopic (exact) mass is 480 g/mol. The minimum absolute atomic E-state index is 0.0643. The molecule has 5 aromatic heterocycles. The summed E-state index contributed by atoms with van der Waals surface area (Å²) in [5.74, 6) is 2.30. The van der Waals surface area contributed by atoms with E-state index in [0.29, 0.717) is 33.7 Å². The van der Waals surface area contributed by atoms with E-state index in [9.17, 15) is 0 Å². The number of fused-ring (bicyclic) bond motifs is 1. The Hall–Kier alpha value is -4.91. The number of nitrogens with two attached hydrogens (primary N) is 1. The number of anilines is 1. The van der Waals surface area contributed by atoms with Gasteiger partial charge in [0.25, 0.3) is 0 Å². The third kappa shape index (κ3) is 3.76. The molecule has 0 radical (unpaired) electrons. The van der Waals surface area contributed by atoms with E-state index in [1.807, 2.05) is 25.5 Å². The SMILES string of the molecule is C#Cc1cc(C)c(-c2c(-c3ncc(Oc4nccc(C)n4)cc3F)c3c(N)ncnc3n2C)c(C)n1. The summed E-state index contributed by atoms with van der Waals surface area (Å²) in [4.78, 5) is 25.7. The van der Waals surface area contributed by atoms with Crippen LogP contribution in [0.15, 0.2) is 36.9 Å². The highest BCUT2D eigenvalue weighted by molar-refractivity contribution is 6.07. The lowest BCUT2D eigenvalue weighted by atomic mass is 9.97. The maximum Gasteiger partial charge on any atom is 0.322 e. The second-order valence-corrected chi connectivity index (χ2v) is 8.25. The van der Waals surface area contributed by atoms with Gasteiger partial charge in [0.05, 0.1) is 17.3 Å². The van der Waals surface area contributed by atoms with Crippen LogP contribution in [-0.4, -0.2) is 34.5 Å². The molecule has 0 bridgehead atoms. The first-order chi connectivity index (χ1) is 17.3. The average molecular weight is 481 g/mol. The van der Waals surface area contributed by atoms with Crippen LogP contribution < -0.4 is 10.5 Å². The molecule has 0 aromatic carbocycles. The highest BCUT2D eigenvalue weighted by atomic mass is 19.1. The largest absolute Gasteiger partial charge is 0.423 e. The van der Waals surface area contributed by atoms with Crippen LogP contribution in [0, 0.1) is 38.9 Å². The maximum atomic E-state index is 15.7. The number of rotatable bonds is 4. The number of aryl methyl sites for hydroxylation is 4. The number of pyridine rings is 2. The molecule has 0 aliphatic rings. The number of halogens is 1. The van der Waals surface area contributed by atoms with Crippen molar-refractivity contribution in [2.24, 2.45) is 7.05 Å². The fraction of sp³-hybridized carbons (Fsp3) is 0.154. The van der Waals surface area contributed by atoms with Crippen LogP contribution in [0.1, 0.15) is 22.6 Å². The van der Waals surface area contributed by atoms with Crippen LogP contribution in [-0.2, 0) is 7.05 Å². The summed E-state index contributed by atoms with van der Waals surface area (Å²) in [5.41, 5.74) is 11.5. The molecule has 5 heterocycles. The van der Waals surface area contributed by atoms with Crippen LogP contribution in [0.4, 0.5) is 10.2 Å². The summed E-state index contributed by atoms with van der Waals surface area (Å²) in [6.45, 7) is 5.58. The molecule has 0 aliphatic heterocycles. The van der Waals surface area contributed by atoms with Gasteiger partial charge in [0, 0.05) is 41.8 Å². The lowest BCUT2D eigenvalue weighted by Crippen LogP contribution is -2.02. The molecule has 0 aliphatic carbocycles. The summed E-state index contributed by atoms with van der Waals surface area (Å²) in [7, 11) is 1.83. The van der Waals surface area contributed by atoms with Crippen molar-refractivity contribution in [2.45, 2.75) is 20.8 Å². The Morgan fingerprint density at radius 2 is 1.86 bits per heavy atom. The van der Waals surface area contributed by atoms with Crippen molar-refractivity contribution in [1.82, 2.24) is 34.5 Å². The molecule has 0 saturated heterocycles. The Morgan fingerprint density at radius 3 is 2.56 bits per heavy atom. The van der Waals surface area contributed by atoms with Crippen molar-refractivity contribution < 1.29 is 9.13 Å². The van der Waals surface area contributed by atoms with E-state index in [-0.39, 0.29) is 23.3 Å². The van der Waals surface area contributed by atoms with E-state index in [2.05, 4.69) is 35.8 Å². The van der Waals surface area contributed by atoms with Crippen molar-refractivity contribution >= 4 is 16.9 Å². The minimum Gasteiger partial charge on any atom is -0.423 e. The Morgan fingerprint density at radius 1 is 1.06 bits per heavy atom. The highest BCUT2D eigenvalue weighted by Crippen LogP contribution is 2.43. The second kappa shape index (κ2) is 8.70. The quantitative estimate of drug-likeness (QED) is 0.378. The van der Waals surface area contributed by atoms with E-state index < -0.39 is 5.82 Å². The van der Waals surface area contributed by atoms with Gasteiger partial charge in [-0.05, 0) is 38.5 Å². The second-order valence-electron chi connectivity index (χ2n) is 8.25. The van der Waals surface area contributed by atoms with Crippen LogP contribution in [0.25, 0.3) is 33.5 Å². The molecule has 0 atom stereocenters. The molecular formula is C26H21FN8O. The third-order valence-electron chi connectivity index (χ3n) is 5.81. The zero-order valence-corrected chi connectivity index (χ0v) is 20.0. The van der Waals surface area contributed by atoms with Gasteiger partial charge in [-0.3, -0.25) is 0 Å². The molecule has 0 amide bonds. The fourth-order valence-electron chi connectivity index (χ4n) is 4.30. The Bertz CT molecular complexity index is 1680. The summed E-state index contributed by atoms with van der Waals surface area (Å²) < 4.78 is 23.1. The van der Waals surface area contributed by atoms with Gasteiger partial charge in [-0.25, -0.2) is 34.3 Å². The van der Waals surface area contributed by atoms with Crippen molar-refractivity contribution in [2.75, 3.05) is 5.73 Å². The normalized spacial score (nSPS) is 11.0. The molecule has 9 nitrogen and oxygen atoms in total. The summed E-state index contributed by atoms with van der Waals surface area (Å²) in [6, 6.07) is 4.87. The number of terminal acetylenes is 1. The van der Waals surface area contributed by atoms with Crippen LogP contribution >= 0.6 is 0 Å². The Labute approximate surface area is 206 Å². The Balaban J connectivity index is 1.75. The van der Waals surface area contributed by atoms with Gasteiger partial charge >= 0.3 is 6.01 Å². The lowest BCUT2D eigenvalue weighted by molar-refractivity contribution is 0.434. The van der Waals surface area contributed by atoms with E-state index in [1.54, 1.807) is 25.3 Å². The van der Waals surface area contributed by atoms with Crippen LogP contribution in [0.2, 0.25) is 0 Å². The van der Waals surface area contributed by atoms with Gasteiger partial charge in [0.2, 0.25) is 0 Å². The summed E-state index contributed by atoms with van der Waals surface area (Å²) >= 11 is 0. The molecule has 0 unspecified atom stereocenters. The molecule has 36 heavy (non-hydrogen) atoms. The van der Waals surface area contributed by atoms with Gasteiger partial charge < -0.3 is 15.0 Å². The first-order valence-corrected chi connectivity index (χ1v) is 11.0. The molecule has 0 spiro atoms. The van der Waals surface area contributed by atoms with E-state index >= 15 is 4.39 Å². The minimum atomic E-state index is -0.624. The van der Waals surface area contributed by atoms with Crippen molar-refractivity contribution in [3.63, 3.8) is 0 Å². The number of hydrogen-bond acceptors (Lipinski definition) is 8. The predicted octanol–water partition coefficient (Wildman–Crippen LogP) is 4.30. The maximum absolute atomic E-state index is 15.7. The average Bonchev–Trinajstić information content (AvgIpc) is 3.12. The summed E-state index contributed by atoms with van der Waals surface area (Å²) in [5, 5.41) is 0.483. The Kier molecular flexibility index (Phi) is 5.53. The molecule has 0 fully saturated rings. The van der Waals surface area contributed by atoms with Gasteiger partial charge in [0.1, 0.15) is 29.2 Å². The molecule has 5 rings (SSSR count). The fourth-order valence-corrected chi connectivity index (χ4v) is 4.30. The van der Waals surface area contributed by atoms with Gasteiger partial charge in [-0.15, -0.1) is 6.42 Å². The topological polar surface area (TPSA) is 118 Å². The molecule has 0 saturated carbocycles. The number of hydrogen-bond donors (Lipinski definition) is 1. The number of nitrogens with zero attached hydrogens (tertiary/aromatic N) is 7. The molecule has 10 heteroatoms. The van der Waals surface area contributed by atoms with E-state index in [4.69, 9.17) is 16.9 Å². The molecule has 178 valence electrons. The van der Waals surface area contributed by atoms with Crippen LogP contribution in [0.5, 0.6) is 11.8 Å². The van der Waals surface area contributed by atoms with Crippen molar-refractivity contribution in [1.29, 1.82) is 0 Å². The third-order valence-corrected chi connectivity index (χ3v) is 5.81. The molecule has 2 N–H and O–H groups in total. The first-order valence-electron chi connectivity index (χ1n) is 11.0. The molecule has 5 aromatic rings. The van der Waals surface area contributed by atoms with Gasteiger partial charge in [-0.1, -0.05) is 5.92 Å². The van der Waals surface area contributed by atoms with Crippen molar-refractivity contribution in [3.05, 3.63) is 65.4 Å². The number of ether oxygens (including phenoxy) is 1. The number of aromatic nitrogens is 7. The summed E-state index contributed by atoms with van der Waals surface area (Å²) in [6.07, 6.45) is 9.91. The van der Waals surface area contributed by atoms with Crippen molar-refractivity contribution in [3.8, 4) is 46.6 Å². The standard InChI is InChI=1S/C26H21FN8O/c1-6-16-9-13(2)19(15(4)34-16)23-20(21-24(28)31-12-32-25(21)35(23)5)22-18(27)10-17(11-30-22)36-26-29-8-7-14(3)33-26/h1,7-12H,2-5H3,(H2,28,31,32). The zero-order valence-electron chi connectivity index (χ0n) is 20.0. The van der Waals surface area contributed by atoms with Gasteiger partial charge in [-0.2, -0.15) is 0 Å². The predicted molar refractivity (Wildman–Crippen MR) is 134 cm³/mol. The smallest absolute Gasteiger partial charge is 0.322 e. The van der Waals surface area contributed by atoms with Gasteiger partial charge in [0.15, 0.2) is 11.6 Å². The van der Waals surface area contributed by atoms with E-state index in [0.717, 1.165) is 16.8 Å². The highest BCUT2D eigenvalue weighted by Gasteiger charge is 2.27. The van der Waals surface area contributed by atoms with E-state index in [1.165, 1.54) is 18.6 Å².